The van der Waals surface area contributed by atoms with Gasteiger partial charge in [-0.2, -0.15) is 0 Å². The number of benzene rings is 2. The second-order valence-corrected chi connectivity index (χ2v) is 7.20. The predicted molar refractivity (Wildman–Crippen MR) is 101 cm³/mol. The SMILES string of the molecule is O=C1OC[C@@H](c2ccccc2)N1C1=C(Br)C[C@H](c2ccccc2)C=C1. The van der Waals surface area contributed by atoms with E-state index in [0.29, 0.717) is 12.5 Å². The van der Waals surface area contributed by atoms with Crippen LogP contribution in [-0.2, 0) is 4.74 Å². The van der Waals surface area contributed by atoms with Crippen molar-refractivity contribution in [3.8, 4) is 0 Å². The molecule has 3 nitrogen and oxygen atoms in total. The van der Waals surface area contributed by atoms with Crippen LogP contribution in [0.5, 0.6) is 0 Å². The molecule has 4 rings (SSSR count). The average Bonchev–Trinajstić information content (AvgIpc) is 3.04. The summed E-state index contributed by atoms with van der Waals surface area (Å²) in [6.07, 6.45) is 4.75. The number of nitrogens with zero attached hydrogens (tertiary/aromatic N) is 1. The lowest BCUT2D eigenvalue weighted by Gasteiger charge is -2.28. The molecule has 2 aliphatic rings. The van der Waals surface area contributed by atoms with Gasteiger partial charge in [0.25, 0.3) is 0 Å². The summed E-state index contributed by atoms with van der Waals surface area (Å²) in [5, 5.41) is 0. The molecule has 2 aromatic carbocycles. The Kier molecular flexibility index (Phi) is 4.45. The first kappa shape index (κ1) is 16.2. The number of carbonyl (C=O) groups is 1. The first-order valence-electron chi connectivity index (χ1n) is 8.37. The molecule has 4 heteroatoms. The molecule has 1 aliphatic heterocycles. The van der Waals surface area contributed by atoms with Crippen LogP contribution in [0.2, 0.25) is 0 Å². The number of amides is 1. The first-order chi connectivity index (χ1) is 12.2. The molecule has 1 fully saturated rings. The largest absolute Gasteiger partial charge is 0.447 e. The molecular weight excluding hydrogens is 378 g/mol. The standard InChI is InChI=1S/C21H18BrNO2/c22-18-13-17(15-7-3-1-4-8-15)11-12-19(18)23-20(14-25-21(23)24)16-9-5-2-6-10-16/h1-12,17,20H,13-14H2/t17-,20+/m1/s1. The Bertz CT molecular complexity index is 829. The van der Waals surface area contributed by atoms with Crippen LogP contribution in [0, 0.1) is 0 Å². The lowest BCUT2D eigenvalue weighted by molar-refractivity contribution is 0.164. The second kappa shape index (κ2) is 6.89. The minimum atomic E-state index is -0.288. The van der Waals surface area contributed by atoms with Gasteiger partial charge in [0.1, 0.15) is 6.61 Å². The monoisotopic (exact) mass is 395 g/mol. The van der Waals surface area contributed by atoms with Crippen LogP contribution < -0.4 is 0 Å². The van der Waals surface area contributed by atoms with Crippen molar-refractivity contribution in [2.45, 2.75) is 18.4 Å². The van der Waals surface area contributed by atoms with Gasteiger partial charge in [-0.1, -0.05) is 82.7 Å². The van der Waals surface area contributed by atoms with Crippen LogP contribution in [0.25, 0.3) is 0 Å². The summed E-state index contributed by atoms with van der Waals surface area (Å²) in [6.45, 7) is 0.378. The highest BCUT2D eigenvalue weighted by molar-refractivity contribution is 9.11. The van der Waals surface area contributed by atoms with Gasteiger partial charge >= 0.3 is 6.09 Å². The summed E-state index contributed by atoms with van der Waals surface area (Å²) in [7, 11) is 0. The molecule has 2 atom stereocenters. The van der Waals surface area contributed by atoms with Gasteiger partial charge in [0.15, 0.2) is 0 Å². The first-order valence-corrected chi connectivity index (χ1v) is 9.16. The number of hydrogen-bond acceptors (Lipinski definition) is 2. The van der Waals surface area contributed by atoms with E-state index in [1.807, 2.05) is 42.5 Å². The van der Waals surface area contributed by atoms with Crippen molar-refractivity contribution < 1.29 is 9.53 Å². The fraction of sp³-hybridized carbons (Fsp3) is 0.190. The molecule has 1 aliphatic carbocycles. The van der Waals surface area contributed by atoms with E-state index in [4.69, 9.17) is 4.74 Å². The van der Waals surface area contributed by atoms with Crippen LogP contribution >= 0.6 is 15.9 Å². The zero-order valence-electron chi connectivity index (χ0n) is 13.6. The molecule has 1 saturated heterocycles. The van der Waals surface area contributed by atoms with Crippen LogP contribution in [-0.4, -0.2) is 17.6 Å². The number of hydrogen-bond donors (Lipinski definition) is 0. The van der Waals surface area contributed by atoms with E-state index in [-0.39, 0.29) is 12.1 Å². The Morgan fingerprint density at radius 3 is 2.24 bits per heavy atom. The molecule has 1 heterocycles. The third-order valence-corrected chi connectivity index (χ3v) is 5.44. The van der Waals surface area contributed by atoms with Crippen molar-refractivity contribution in [3.05, 3.63) is 94.1 Å². The van der Waals surface area contributed by atoms with E-state index in [0.717, 1.165) is 22.2 Å². The third-order valence-electron chi connectivity index (χ3n) is 4.71. The summed E-state index contributed by atoms with van der Waals surface area (Å²) < 4.78 is 6.37. The zero-order valence-corrected chi connectivity index (χ0v) is 15.2. The van der Waals surface area contributed by atoms with E-state index in [9.17, 15) is 4.79 Å². The zero-order chi connectivity index (χ0) is 17.2. The minimum Gasteiger partial charge on any atom is -0.447 e. The van der Waals surface area contributed by atoms with Crippen molar-refractivity contribution in [1.29, 1.82) is 0 Å². The van der Waals surface area contributed by atoms with Gasteiger partial charge in [0.2, 0.25) is 0 Å². The topological polar surface area (TPSA) is 29.5 Å². The van der Waals surface area contributed by atoms with Crippen LogP contribution in [0.1, 0.15) is 29.5 Å². The summed E-state index contributed by atoms with van der Waals surface area (Å²) in [5.41, 5.74) is 3.25. The van der Waals surface area contributed by atoms with Gasteiger partial charge in [0, 0.05) is 10.4 Å². The number of allylic oxidation sites excluding steroid dienone is 3. The Labute approximate surface area is 155 Å². The summed E-state index contributed by atoms with van der Waals surface area (Å²) in [5.74, 6) is 0.313. The quantitative estimate of drug-likeness (QED) is 0.683. The maximum atomic E-state index is 12.4. The number of ether oxygens (including phenoxy) is 1. The van der Waals surface area contributed by atoms with E-state index < -0.39 is 0 Å². The average molecular weight is 396 g/mol. The molecule has 0 N–H and O–H groups in total. The molecule has 0 radical (unpaired) electrons. The van der Waals surface area contributed by atoms with Gasteiger partial charge in [-0.3, -0.25) is 4.90 Å². The van der Waals surface area contributed by atoms with E-state index in [1.165, 1.54) is 5.56 Å². The molecule has 0 bridgehead atoms. The fourth-order valence-electron chi connectivity index (χ4n) is 3.41. The summed E-state index contributed by atoms with van der Waals surface area (Å²) in [6, 6.07) is 20.3. The molecule has 2 aromatic rings. The van der Waals surface area contributed by atoms with Crippen LogP contribution in [0.4, 0.5) is 4.79 Å². The lowest BCUT2D eigenvalue weighted by atomic mass is 9.91. The van der Waals surface area contributed by atoms with Gasteiger partial charge < -0.3 is 4.74 Å². The molecule has 0 spiro atoms. The predicted octanol–water partition coefficient (Wildman–Crippen LogP) is 5.53. The van der Waals surface area contributed by atoms with Crippen molar-refractivity contribution >= 4 is 22.0 Å². The van der Waals surface area contributed by atoms with Gasteiger partial charge in [0.05, 0.1) is 11.7 Å². The Morgan fingerprint density at radius 1 is 0.960 bits per heavy atom. The van der Waals surface area contributed by atoms with E-state index >= 15 is 0 Å². The summed E-state index contributed by atoms with van der Waals surface area (Å²) in [4.78, 5) is 14.1. The number of halogens is 1. The smallest absolute Gasteiger partial charge is 0.415 e. The van der Waals surface area contributed by atoms with Crippen molar-refractivity contribution in [2.24, 2.45) is 0 Å². The van der Waals surface area contributed by atoms with E-state index in [1.54, 1.807) is 4.90 Å². The molecular formula is C21H18BrNO2. The summed E-state index contributed by atoms with van der Waals surface area (Å²) >= 11 is 3.71. The van der Waals surface area contributed by atoms with Crippen molar-refractivity contribution in [3.63, 3.8) is 0 Å². The van der Waals surface area contributed by atoms with Crippen LogP contribution in [0.3, 0.4) is 0 Å². The molecule has 126 valence electrons. The van der Waals surface area contributed by atoms with Crippen molar-refractivity contribution in [2.75, 3.05) is 6.61 Å². The Balaban J connectivity index is 1.62. The van der Waals surface area contributed by atoms with Gasteiger partial charge in [-0.25, -0.2) is 4.79 Å². The van der Waals surface area contributed by atoms with Gasteiger partial charge in [-0.05, 0) is 23.6 Å². The lowest BCUT2D eigenvalue weighted by Crippen LogP contribution is -2.28. The molecule has 25 heavy (non-hydrogen) atoms. The number of rotatable bonds is 3. The minimum absolute atomic E-state index is 0.0887. The van der Waals surface area contributed by atoms with Gasteiger partial charge in [-0.15, -0.1) is 0 Å². The maximum absolute atomic E-state index is 12.4. The highest BCUT2D eigenvalue weighted by atomic mass is 79.9. The molecule has 0 aromatic heterocycles. The van der Waals surface area contributed by atoms with E-state index in [2.05, 4.69) is 46.3 Å². The van der Waals surface area contributed by atoms with Crippen LogP contribution in [0.15, 0.2) is 83.0 Å². The number of carbonyl (C=O) groups excluding carboxylic acids is 1. The highest BCUT2D eigenvalue weighted by Gasteiger charge is 2.37. The molecule has 0 unspecified atom stereocenters. The van der Waals surface area contributed by atoms with Crippen molar-refractivity contribution in [1.82, 2.24) is 4.90 Å². The fourth-order valence-corrected chi connectivity index (χ4v) is 4.08. The molecule has 0 saturated carbocycles. The highest BCUT2D eigenvalue weighted by Crippen LogP contribution is 2.40. The molecule has 1 amide bonds. The normalized spacial score (nSPS) is 23.1. The Hall–Kier alpha value is -2.33. The number of cyclic esters (lactones) is 1. The maximum Gasteiger partial charge on any atom is 0.415 e. The third kappa shape index (κ3) is 3.14. The Morgan fingerprint density at radius 2 is 1.60 bits per heavy atom. The second-order valence-electron chi connectivity index (χ2n) is 6.24.